The number of nitrogens with zero attached hydrogens (tertiary/aromatic N) is 3. The second kappa shape index (κ2) is 6.76. The van der Waals surface area contributed by atoms with Crippen molar-refractivity contribution >= 4 is 5.91 Å². The highest BCUT2D eigenvalue weighted by atomic mass is 16.5. The van der Waals surface area contributed by atoms with Gasteiger partial charge in [0.15, 0.2) is 0 Å². The Morgan fingerprint density at radius 3 is 2.60 bits per heavy atom. The van der Waals surface area contributed by atoms with E-state index in [1.807, 2.05) is 0 Å². The molecule has 5 heteroatoms. The van der Waals surface area contributed by atoms with Crippen molar-refractivity contribution in [3.63, 3.8) is 0 Å². The van der Waals surface area contributed by atoms with Crippen LogP contribution in [0.1, 0.15) is 41.5 Å². The van der Waals surface area contributed by atoms with Crippen molar-refractivity contribution < 1.29 is 9.53 Å². The number of carbonyl (C=O) groups excluding carboxylic acids is 1. The molecule has 0 radical (unpaired) electrons. The molecular weight excluding hydrogens is 314 g/mol. The highest BCUT2D eigenvalue weighted by Crippen LogP contribution is 2.33. The molecule has 5 nitrogen and oxygen atoms in total. The van der Waals surface area contributed by atoms with Gasteiger partial charge in [0.25, 0.3) is 5.91 Å². The SMILES string of the molecule is Cc1cc(C(=O)N2C[C@@H](N3CCOCC3)[C@@H](C)C2)c(C)n1CC1CC1. The molecule has 25 heavy (non-hydrogen) atoms. The molecule has 0 bridgehead atoms. The van der Waals surface area contributed by atoms with Crippen molar-refractivity contribution in [1.82, 2.24) is 14.4 Å². The van der Waals surface area contributed by atoms with E-state index < -0.39 is 0 Å². The molecule has 1 saturated carbocycles. The average molecular weight is 345 g/mol. The lowest BCUT2D eigenvalue weighted by Gasteiger charge is -2.33. The van der Waals surface area contributed by atoms with Crippen LogP contribution in [0, 0.1) is 25.7 Å². The Morgan fingerprint density at radius 2 is 1.92 bits per heavy atom. The van der Waals surface area contributed by atoms with Crippen LogP contribution < -0.4 is 0 Å². The summed E-state index contributed by atoms with van der Waals surface area (Å²) >= 11 is 0. The first-order chi connectivity index (χ1) is 12.0. The van der Waals surface area contributed by atoms with Crippen LogP contribution >= 0.6 is 0 Å². The number of hydrogen-bond acceptors (Lipinski definition) is 3. The number of hydrogen-bond donors (Lipinski definition) is 0. The highest BCUT2D eigenvalue weighted by molar-refractivity contribution is 5.96. The Labute approximate surface area is 150 Å². The van der Waals surface area contributed by atoms with Crippen molar-refractivity contribution in [3.05, 3.63) is 23.0 Å². The van der Waals surface area contributed by atoms with E-state index in [0.717, 1.165) is 63.1 Å². The summed E-state index contributed by atoms with van der Waals surface area (Å²) in [6, 6.07) is 2.58. The van der Waals surface area contributed by atoms with Crippen molar-refractivity contribution in [2.24, 2.45) is 11.8 Å². The zero-order valence-corrected chi connectivity index (χ0v) is 15.8. The smallest absolute Gasteiger partial charge is 0.255 e. The van der Waals surface area contributed by atoms with E-state index in [4.69, 9.17) is 4.74 Å². The third kappa shape index (κ3) is 3.36. The van der Waals surface area contributed by atoms with Crippen LogP contribution in [-0.4, -0.2) is 65.7 Å². The van der Waals surface area contributed by atoms with Crippen LogP contribution in [0.15, 0.2) is 6.07 Å². The molecule has 1 aromatic rings. The zero-order valence-electron chi connectivity index (χ0n) is 15.8. The Balaban J connectivity index is 1.47. The number of morpholine rings is 1. The summed E-state index contributed by atoms with van der Waals surface area (Å²) in [5.74, 6) is 1.57. The lowest BCUT2D eigenvalue weighted by Crippen LogP contribution is -2.47. The number of likely N-dealkylation sites (tertiary alicyclic amines) is 1. The van der Waals surface area contributed by atoms with Crippen LogP contribution in [0.2, 0.25) is 0 Å². The minimum Gasteiger partial charge on any atom is -0.379 e. The number of aryl methyl sites for hydroxylation is 1. The summed E-state index contributed by atoms with van der Waals surface area (Å²) < 4.78 is 7.83. The topological polar surface area (TPSA) is 37.7 Å². The number of aromatic nitrogens is 1. The Kier molecular flexibility index (Phi) is 4.63. The van der Waals surface area contributed by atoms with Gasteiger partial charge in [0, 0.05) is 50.2 Å². The molecule has 1 amide bonds. The first-order valence-corrected chi connectivity index (χ1v) is 9.82. The maximum Gasteiger partial charge on any atom is 0.255 e. The van der Waals surface area contributed by atoms with Crippen LogP contribution in [-0.2, 0) is 11.3 Å². The van der Waals surface area contributed by atoms with E-state index in [0.29, 0.717) is 12.0 Å². The molecule has 2 saturated heterocycles. The molecule has 0 N–H and O–H groups in total. The fraction of sp³-hybridized carbons (Fsp3) is 0.750. The summed E-state index contributed by atoms with van der Waals surface area (Å²) in [6.45, 7) is 13.0. The quantitative estimate of drug-likeness (QED) is 0.840. The Bertz CT molecular complexity index is 644. The van der Waals surface area contributed by atoms with Gasteiger partial charge in [-0.3, -0.25) is 9.69 Å². The third-order valence-corrected chi connectivity index (χ3v) is 6.32. The maximum atomic E-state index is 13.2. The number of carbonyl (C=O) groups is 1. The van der Waals surface area contributed by atoms with Crippen molar-refractivity contribution in [1.29, 1.82) is 0 Å². The summed E-state index contributed by atoms with van der Waals surface area (Å²) in [4.78, 5) is 17.8. The van der Waals surface area contributed by atoms with E-state index in [1.54, 1.807) is 0 Å². The monoisotopic (exact) mass is 345 g/mol. The van der Waals surface area contributed by atoms with Gasteiger partial charge in [0.05, 0.1) is 18.8 Å². The van der Waals surface area contributed by atoms with Gasteiger partial charge in [-0.1, -0.05) is 6.92 Å². The summed E-state index contributed by atoms with van der Waals surface area (Å²) in [5.41, 5.74) is 3.29. The van der Waals surface area contributed by atoms with Crippen LogP contribution in [0.5, 0.6) is 0 Å². The molecule has 2 atom stereocenters. The predicted molar refractivity (Wildman–Crippen MR) is 97.9 cm³/mol. The van der Waals surface area contributed by atoms with E-state index in [-0.39, 0.29) is 5.91 Å². The molecule has 4 rings (SSSR count). The lowest BCUT2D eigenvalue weighted by atomic mass is 10.0. The average Bonchev–Trinajstić information content (AvgIpc) is 3.29. The van der Waals surface area contributed by atoms with Crippen LogP contribution in [0.3, 0.4) is 0 Å². The minimum atomic E-state index is 0.220. The van der Waals surface area contributed by atoms with E-state index in [9.17, 15) is 4.79 Å². The van der Waals surface area contributed by atoms with Crippen LogP contribution in [0.4, 0.5) is 0 Å². The van der Waals surface area contributed by atoms with Gasteiger partial charge in [-0.05, 0) is 44.6 Å². The fourth-order valence-corrected chi connectivity index (χ4v) is 4.53. The van der Waals surface area contributed by atoms with Gasteiger partial charge in [0.1, 0.15) is 0 Å². The normalized spacial score (nSPS) is 27.9. The minimum absolute atomic E-state index is 0.220. The molecule has 0 aromatic carbocycles. The fourth-order valence-electron chi connectivity index (χ4n) is 4.53. The largest absolute Gasteiger partial charge is 0.379 e. The lowest BCUT2D eigenvalue weighted by molar-refractivity contribution is 0.0119. The Hall–Kier alpha value is -1.33. The molecule has 3 heterocycles. The van der Waals surface area contributed by atoms with E-state index >= 15 is 0 Å². The number of ether oxygens (including phenoxy) is 1. The predicted octanol–water partition coefficient (Wildman–Crippen LogP) is 2.31. The maximum absolute atomic E-state index is 13.2. The molecule has 1 aromatic heterocycles. The van der Waals surface area contributed by atoms with Crippen molar-refractivity contribution in [3.8, 4) is 0 Å². The molecular formula is C20H31N3O2. The van der Waals surface area contributed by atoms with Gasteiger partial charge in [-0.15, -0.1) is 0 Å². The van der Waals surface area contributed by atoms with Gasteiger partial charge >= 0.3 is 0 Å². The summed E-state index contributed by atoms with van der Waals surface area (Å²) in [6.07, 6.45) is 2.68. The number of rotatable bonds is 4. The van der Waals surface area contributed by atoms with E-state index in [1.165, 1.54) is 18.5 Å². The van der Waals surface area contributed by atoms with Crippen molar-refractivity contribution in [2.45, 2.75) is 46.2 Å². The molecule has 0 unspecified atom stereocenters. The van der Waals surface area contributed by atoms with Crippen LogP contribution in [0.25, 0.3) is 0 Å². The zero-order chi connectivity index (χ0) is 17.6. The molecule has 1 aliphatic carbocycles. The van der Waals surface area contributed by atoms with Crippen molar-refractivity contribution in [2.75, 3.05) is 39.4 Å². The highest BCUT2D eigenvalue weighted by Gasteiger charge is 2.37. The van der Waals surface area contributed by atoms with Gasteiger partial charge in [-0.2, -0.15) is 0 Å². The first-order valence-electron chi connectivity index (χ1n) is 9.82. The summed E-state index contributed by atoms with van der Waals surface area (Å²) in [5, 5.41) is 0. The standard InChI is InChI=1S/C20H31N3O2/c1-14-11-22(13-19(14)21-6-8-25-9-7-21)20(24)18-10-15(2)23(16(18)3)12-17-4-5-17/h10,14,17,19H,4-9,11-13H2,1-3H3/t14-,19+/m0/s1. The van der Waals surface area contributed by atoms with E-state index in [2.05, 4.69) is 41.2 Å². The molecule has 0 spiro atoms. The number of amides is 1. The Morgan fingerprint density at radius 1 is 1.20 bits per heavy atom. The first kappa shape index (κ1) is 17.1. The molecule has 3 aliphatic rings. The van der Waals surface area contributed by atoms with Gasteiger partial charge < -0.3 is 14.2 Å². The molecule has 2 aliphatic heterocycles. The molecule has 138 valence electrons. The second-order valence-corrected chi connectivity index (χ2v) is 8.24. The third-order valence-electron chi connectivity index (χ3n) is 6.32. The van der Waals surface area contributed by atoms with Gasteiger partial charge in [0.2, 0.25) is 0 Å². The van der Waals surface area contributed by atoms with Gasteiger partial charge in [-0.25, -0.2) is 0 Å². The second-order valence-electron chi connectivity index (χ2n) is 8.24. The summed E-state index contributed by atoms with van der Waals surface area (Å²) in [7, 11) is 0. The molecule has 3 fully saturated rings.